The minimum absolute atomic E-state index is 0.135. The molecule has 6 heteroatoms. The summed E-state index contributed by atoms with van der Waals surface area (Å²) < 4.78 is 18.9. The second-order valence-electron chi connectivity index (χ2n) is 5.33. The maximum atomic E-state index is 13.9. The first-order chi connectivity index (χ1) is 9.97. The third kappa shape index (κ3) is 3.39. The van der Waals surface area contributed by atoms with Crippen LogP contribution < -0.4 is 5.32 Å². The molecule has 1 fully saturated rings. The molecule has 0 bridgehead atoms. The number of nitrogens with one attached hydrogen (secondary N) is 1. The minimum atomic E-state index is -1.23. The van der Waals surface area contributed by atoms with Crippen molar-refractivity contribution in [2.75, 3.05) is 13.7 Å². The van der Waals surface area contributed by atoms with E-state index < -0.39 is 17.7 Å². The highest BCUT2D eigenvalue weighted by Crippen LogP contribution is 2.35. The van der Waals surface area contributed by atoms with E-state index in [0.717, 1.165) is 25.3 Å². The summed E-state index contributed by atoms with van der Waals surface area (Å²) in [5.74, 6) is -2.56. The molecule has 0 radical (unpaired) electrons. The van der Waals surface area contributed by atoms with Gasteiger partial charge in [-0.1, -0.05) is 0 Å². The number of halogens is 1. The van der Waals surface area contributed by atoms with Crippen molar-refractivity contribution in [3.05, 3.63) is 35.1 Å². The summed E-state index contributed by atoms with van der Waals surface area (Å²) in [6, 6.07) is 3.29. The van der Waals surface area contributed by atoms with Crippen LogP contribution in [0.15, 0.2) is 18.2 Å². The van der Waals surface area contributed by atoms with Crippen molar-refractivity contribution in [1.29, 1.82) is 0 Å². The van der Waals surface area contributed by atoms with Crippen LogP contribution in [0, 0.1) is 5.82 Å². The number of ether oxygens (including phenoxy) is 1. The maximum absolute atomic E-state index is 13.9. The van der Waals surface area contributed by atoms with Gasteiger partial charge in [-0.3, -0.25) is 4.79 Å². The smallest absolute Gasteiger partial charge is 0.335 e. The van der Waals surface area contributed by atoms with E-state index in [4.69, 9.17) is 9.84 Å². The van der Waals surface area contributed by atoms with E-state index in [2.05, 4.69) is 5.32 Å². The van der Waals surface area contributed by atoms with E-state index in [1.54, 1.807) is 7.11 Å². The van der Waals surface area contributed by atoms with Gasteiger partial charge >= 0.3 is 5.97 Å². The van der Waals surface area contributed by atoms with Gasteiger partial charge in [-0.2, -0.15) is 0 Å². The number of carboxylic acid groups (broad SMARTS) is 1. The van der Waals surface area contributed by atoms with Crippen LogP contribution in [0.25, 0.3) is 0 Å². The van der Waals surface area contributed by atoms with Crippen molar-refractivity contribution in [3.63, 3.8) is 0 Å². The summed E-state index contributed by atoms with van der Waals surface area (Å²) in [5, 5.41) is 11.7. The predicted molar refractivity (Wildman–Crippen MR) is 73.9 cm³/mol. The van der Waals surface area contributed by atoms with Gasteiger partial charge in [-0.15, -0.1) is 0 Å². The number of amides is 1. The Kier molecular flexibility index (Phi) is 4.57. The molecule has 0 atom stereocenters. The molecule has 0 aromatic heterocycles. The molecule has 0 aliphatic heterocycles. The zero-order chi connectivity index (χ0) is 15.5. The fourth-order valence-corrected chi connectivity index (χ4v) is 2.48. The average molecular weight is 295 g/mol. The molecule has 1 aromatic carbocycles. The van der Waals surface area contributed by atoms with Gasteiger partial charge in [0.05, 0.1) is 11.1 Å². The number of aromatic carboxylic acids is 1. The number of methoxy groups -OCH3 is 1. The molecule has 0 saturated heterocycles. The second kappa shape index (κ2) is 6.22. The lowest BCUT2D eigenvalue weighted by atomic mass is 9.74. The topological polar surface area (TPSA) is 75.6 Å². The Hall–Kier alpha value is -1.95. The average Bonchev–Trinajstić information content (AvgIpc) is 2.41. The number of benzene rings is 1. The van der Waals surface area contributed by atoms with Crippen molar-refractivity contribution in [2.45, 2.75) is 31.2 Å². The number of hydrogen-bond donors (Lipinski definition) is 2. The molecule has 2 rings (SSSR count). The number of carboxylic acids is 1. The Morgan fingerprint density at radius 3 is 2.62 bits per heavy atom. The van der Waals surface area contributed by atoms with Gasteiger partial charge in [0.15, 0.2) is 0 Å². The lowest BCUT2D eigenvalue weighted by molar-refractivity contribution is 0.0689. The molecule has 114 valence electrons. The van der Waals surface area contributed by atoms with Crippen molar-refractivity contribution in [3.8, 4) is 0 Å². The molecule has 5 nitrogen and oxygen atoms in total. The minimum Gasteiger partial charge on any atom is -0.478 e. The number of carbonyl (C=O) groups is 2. The van der Waals surface area contributed by atoms with Crippen LogP contribution >= 0.6 is 0 Å². The zero-order valence-electron chi connectivity index (χ0n) is 11.8. The first-order valence-corrected chi connectivity index (χ1v) is 6.82. The summed E-state index contributed by atoms with van der Waals surface area (Å²) in [4.78, 5) is 22.9. The van der Waals surface area contributed by atoms with Crippen LogP contribution in [0.1, 0.15) is 46.4 Å². The van der Waals surface area contributed by atoms with Gasteiger partial charge in [-0.25, -0.2) is 9.18 Å². The van der Waals surface area contributed by atoms with Crippen LogP contribution in [0.5, 0.6) is 0 Å². The largest absolute Gasteiger partial charge is 0.478 e. The molecule has 1 aliphatic rings. The SMILES string of the molecule is COCCC1(NC(=O)c2ccc(C(=O)O)cc2F)CCC1. The van der Waals surface area contributed by atoms with Crippen LogP contribution in [0.2, 0.25) is 0 Å². The third-order valence-corrected chi connectivity index (χ3v) is 3.93. The Morgan fingerprint density at radius 2 is 2.14 bits per heavy atom. The standard InChI is InChI=1S/C15H18FNO4/c1-21-8-7-15(5-2-6-15)17-13(18)11-4-3-10(14(19)20)9-12(11)16/h3-4,9H,2,5-8H2,1H3,(H,17,18)(H,19,20). The molecule has 1 amide bonds. The first-order valence-electron chi connectivity index (χ1n) is 6.82. The summed E-state index contributed by atoms with van der Waals surface area (Å²) in [6.45, 7) is 0.528. The molecular formula is C15H18FNO4. The lowest BCUT2D eigenvalue weighted by Gasteiger charge is -2.42. The van der Waals surface area contributed by atoms with Crippen LogP contribution in [0.3, 0.4) is 0 Å². The number of rotatable bonds is 6. The fourth-order valence-electron chi connectivity index (χ4n) is 2.48. The zero-order valence-corrected chi connectivity index (χ0v) is 11.8. The van der Waals surface area contributed by atoms with Gasteiger partial charge in [-0.05, 0) is 43.9 Å². The summed E-state index contributed by atoms with van der Waals surface area (Å²) in [6.07, 6.45) is 3.39. The van der Waals surface area contributed by atoms with Gasteiger partial charge in [0.25, 0.3) is 5.91 Å². The van der Waals surface area contributed by atoms with Crippen molar-refractivity contribution >= 4 is 11.9 Å². The molecule has 21 heavy (non-hydrogen) atoms. The van der Waals surface area contributed by atoms with E-state index in [1.165, 1.54) is 12.1 Å². The highest BCUT2D eigenvalue weighted by Gasteiger charge is 2.38. The molecule has 2 N–H and O–H groups in total. The first kappa shape index (κ1) is 15.4. The summed E-state index contributed by atoms with van der Waals surface area (Å²) >= 11 is 0. The molecule has 1 aromatic rings. The van der Waals surface area contributed by atoms with Gasteiger partial charge in [0.1, 0.15) is 5.82 Å². The van der Waals surface area contributed by atoms with Gasteiger partial charge in [0.2, 0.25) is 0 Å². The monoisotopic (exact) mass is 295 g/mol. The Morgan fingerprint density at radius 1 is 1.43 bits per heavy atom. The molecular weight excluding hydrogens is 277 g/mol. The highest BCUT2D eigenvalue weighted by atomic mass is 19.1. The lowest BCUT2D eigenvalue weighted by Crippen LogP contribution is -2.54. The molecule has 0 heterocycles. The van der Waals surface area contributed by atoms with Gasteiger partial charge < -0.3 is 15.2 Å². The van der Waals surface area contributed by atoms with E-state index in [1.807, 2.05) is 0 Å². The van der Waals surface area contributed by atoms with E-state index in [9.17, 15) is 14.0 Å². The molecule has 1 saturated carbocycles. The summed E-state index contributed by atoms with van der Waals surface area (Å²) in [5.41, 5.74) is -0.643. The number of hydrogen-bond acceptors (Lipinski definition) is 3. The third-order valence-electron chi connectivity index (χ3n) is 3.93. The van der Waals surface area contributed by atoms with E-state index >= 15 is 0 Å². The quantitative estimate of drug-likeness (QED) is 0.843. The van der Waals surface area contributed by atoms with Crippen molar-refractivity contribution in [2.24, 2.45) is 0 Å². The van der Waals surface area contributed by atoms with E-state index in [0.29, 0.717) is 13.0 Å². The second-order valence-corrected chi connectivity index (χ2v) is 5.33. The molecule has 0 unspecified atom stereocenters. The van der Waals surface area contributed by atoms with Crippen LogP contribution in [-0.2, 0) is 4.74 Å². The van der Waals surface area contributed by atoms with Crippen LogP contribution in [-0.4, -0.2) is 36.2 Å². The molecule has 0 spiro atoms. The Labute approximate surface area is 122 Å². The summed E-state index contributed by atoms with van der Waals surface area (Å²) in [7, 11) is 1.60. The normalized spacial score (nSPS) is 16.1. The maximum Gasteiger partial charge on any atom is 0.335 e. The Balaban J connectivity index is 2.11. The predicted octanol–water partition coefficient (Wildman–Crippen LogP) is 2.21. The van der Waals surface area contributed by atoms with Crippen molar-refractivity contribution in [1.82, 2.24) is 5.32 Å². The van der Waals surface area contributed by atoms with Crippen molar-refractivity contribution < 1.29 is 23.8 Å². The fraction of sp³-hybridized carbons (Fsp3) is 0.467. The molecule has 1 aliphatic carbocycles. The number of carbonyl (C=O) groups excluding carboxylic acids is 1. The van der Waals surface area contributed by atoms with E-state index in [-0.39, 0.29) is 16.7 Å². The Bertz CT molecular complexity index is 555. The van der Waals surface area contributed by atoms with Gasteiger partial charge in [0, 0.05) is 19.3 Å². The highest BCUT2D eigenvalue weighted by molar-refractivity contribution is 5.96. The van der Waals surface area contributed by atoms with Crippen LogP contribution in [0.4, 0.5) is 4.39 Å².